The average Bonchev–Trinajstić information content (AvgIpc) is 2.52. The van der Waals surface area contributed by atoms with Crippen LogP contribution in [0.2, 0.25) is 5.15 Å². The van der Waals surface area contributed by atoms with Crippen molar-refractivity contribution in [1.29, 1.82) is 0 Å². The van der Waals surface area contributed by atoms with Gasteiger partial charge in [0.2, 0.25) is 0 Å². The van der Waals surface area contributed by atoms with Crippen LogP contribution in [0.15, 0.2) is 12.1 Å². The molecule has 116 valence electrons. The first-order valence-corrected chi connectivity index (χ1v) is 8.02. The first-order chi connectivity index (χ1) is 10.1. The van der Waals surface area contributed by atoms with E-state index in [-0.39, 0.29) is 17.9 Å². The van der Waals surface area contributed by atoms with Crippen molar-refractivity contribution in [1.82, 2.24) is 10.3 Å². The molecule has 0 radical (unpaired) electrons. The summed E-state index contributed by atoms with van der Waals surface area (Å²) in [5.41, 5.74) is 1.19. The summed E-state index contributed by atoms with van der Waals surface area (Å²) in [6, 6.07) is 3.36. The van der Waals surface area contributed by atoms with Crippen LogP contribution in [0.4, 0.5) is 0 Å². The maximum absolute atomic E-state index is 12.3. The van der Waals surface area contributed by atoms with E-state index in [9.17, 15) is 9.90 Å². The molecule has 0 bridgehead atoms. The normalized spacial score (nSPS) is 17.5. The van der Waals surface area contributed by atoms with E-state index in [1.807, 2.05) is 6.92 Å². The van der Waals surface area contributed by atoms with E-state index < -0.39 is 0 Å². The summed E-state index contributed by atoms with van der Waals surface area (Å²) < 4.78 is 0. The van der Waals surface area contributed by atoms with Gasteiger partial charge in [-0.2, -0.15) is 0 Å². The van der Waals surface area contributed by atoms with Crippen LogP contribution < -0.4 is 5.32 Å². The summed E-state index contributed by atoms with van der Waals surface area (Å²) in [4.78, 5) is 16.4. The van der Waals surface area contributed by atoms with Crippen LogP contribution in [0, 0.1) is 5.41 Å². The van der Waals surface area contributed by atoms with E-state index in [1.165, 1.54) is 6.42 Å². The number of rotatable bonds is 5. The number of nitrogens with one attached hydrogen (secondary N) is 1. The molecule has 1 fully saturated rings. The molecule has 4 nitrogen and oxygen atoms in total. The third-order valence-corrected chi connectivity index (χ3v) is 4.54. The molecule has 1 saturated carbocycles. The molecule has 0 unspecified atom stereocenters. The van der Waals surface area contributed by atoms with Gasteiger partial charge in [-0.25, -0.2) is 4.98 Å². The Morgan fingerprint density at radius 1 is 1.38 bits per heavy atom. The molecule has 1 heterocycles. The second-order valence-electron chi connectivity index (χ2n) is 5.92. The Labute approximate surface area is 130 Å². The fourth-order valence-corrected chi connectivity index (χ4v) is 3.15. The summed E-state index contributed by atoms with van der Waals surface area (Å²) in [5.74, 6) is -0.146. The average molecular weight is 311 g/mol. The molecule has 2 rings (SSSR count). The van der Waals surface area contributed by atoms with Crippen LogP contribution >= 0.6 is 11.6 Å². The van der Waals surface area contributed by atoms with Gasteiger partial charge < -0.3 is 10.4 Å². The third-order valence-electron chi connectivity index (χ3n) is 4.35. The van der Waals surface area contributed by atoms with Crippen LogP contribution in [-0.2, 0) is 6.42 Å². The summed E-state index contributed by atoms with van der Waals surface area (Å²) in [6.07, 6.45) is 6.15. The van der Waals surface area contributed by atoms with Crippen molar-refractivity contribution < 1.29 is 9.90 Å². The van der Waals surface area contributed by atoms with Gasteiger partial charge in [-0.15, -0.1) is 0 Å². The highest BCUT2D eigenvalue weighted by Crippen LogP contribution is 2.35. The molecular weight excluding hydrogens is 288 g/mol. The lowest BCUT2D eigenvalue weighted by Gasteiger charge is -2.35. The zero-order valence-electron chi connectivity index (χ0n) is 12.5. The van der Waals surface area contributed by atoms with Crippen LogP contribution in [-0.4, -0.2) is 29.1 Å². The van der Waals surface area contributed by atoms with Crippen LogP contribution in [0.25, 0.3) is 0 Å². The number of hydrogen-bond acceptors (Lipinski definition) is 3. The number of amides is 1. The van der Waals surface area contributed by atoms with Crippen LogP contribution in [0.3, 0.4) is 0 Å². The van der Waals surface area contributed by atoms with E-state index in [0.29, 0.717) is 17.3 Å². The third kappa shape index (κ3) is 4.17. The van der Waals surface area contributed by atoms with Crippen molar-refractivity contribution >= 4 is 17.5 Å². The molecule has 1 aliphatic carbocycles. The number of halogens is 1. The zero-order chi connectivity index (χ0) is 15.3. The van der Waals surface area contributed by atoms with E-state index in [0.717, 1.165) is 37.8 Å². The van der Waals surface area contributed by atoms with Crippen molar-refractivity contribution in [3.8, 4) is 0 Å². The Kier molecular flexibility index (Phi) is 5.59. The highest BCUT2D eigenvalue weighted by molar-refractivity contribution is 6.29. The highest BCUT2D eigenvalue weighted by Gasteiger charge is 2.31. The smallest absolute Gasteiger partial charge is 0.251 e. The lowest BCUT2D eigenvalue weighted by molar-refractivity contribution is 0.0718. The Hall–Kier alpha value is -1.13. The van der Waals surface area contributed by atoms with Crippen LogP contribution in [0.1, 0.15) is 55.1 Å². The van der Waals surface area contributed by atoms with E-state index >= 15 is 0 Å². The number of carbonyl (C=O) groups excluding carboxylic acids is 1. The Balaban J connectivity index is 2.02. The second-order valence-corrected chi connectivity index (χ2v) is 6.31. The predicted molar refractivity (Wildman–Crippen MR) is 83.6 cm³/mol. The standard InChI is InChI=1S/C16H23ClN2O2/c1-2-13-8-12(9-14(17)19-13)15(21)18-10-16(11-20)6-4-3-5-7-16/h8-9,20H,2-7,10-11H2,1H3,(H,18,21). The Morgan fingerprint density at radius 2 is 2.10 bits per heavy atom. The van der Waals surface area contributed by atoms with Gasteiger partial charge in [0.05, 0.1) is 6.61 Å². The van der Waals surface area contributed by atoms with Gasteiger partial charge in [0.1, 0.15) is 5.15 Å². The number of aromatic nitrogens is 1. The quantitative estimate of drug-likeness (QED) is 0.822. The van der Waals surface area contributed by atoms with Gasteiger partial charge >= 0.3 is 0 Å². The fourth-order valence-electron chi connectivity index (χ4n) is 2.93. The molecule has 5 heteroatoms. The molecule has 0 saturated heterocycles. The molecule has 2 N–H and O–H groups in total. The minimum atomic E-state index is -0.154. The van der Waals surface area contributed by atoms with Crippen LogP contribution in [0.5, 0.6) is 0 Å². The van der Waals surface area contributed by atoms with Gasteiger partial charge in [0, 0.05) is 23.2 Å². The number of aryl methyl sites for hydroxylation is 1. The van der Waals surface area contributed by atoms with Gasteiger partial charge in [-0.1, -0.05) is 37.8 Å². The largest absolute Gasteiger partial charge is 0.396 e. The maximum Gasteiger partial charge on any atom is 0.251 e. The summed E-state index contributed by atoms with van der Waals surface area (Å²) >= 11 is 5.95. The van der Waals surface area contributed by atoms with E-state index in [4.69, 9.17) is 11.6 Å². The first kappa shape index (κ1) is 16.2. The number of carbonyl (C=O) groups is 1. The molecule has 21 heavy (non-hydrogen) atoms. The predicted octanol–water partition coefficient (Wildman–Crippen LogP) is 2.97. The molecule has 1 aromatic rings. The number of nitrogens with zero attached hydrogens (tertiary/aromatic N) is 1. The number of aliphatic hydroxyl groups excluding tert-OH is 1. The zero-order valence-corrected chi connectivity index (χ0v) is 13.2. The van der Waals surface area contributed by atoms with E-state index in [2.05, 4.69) is 10.3 Å². The van der Waals surface area contributed by atoms with Crippen molar-refractivity contribution in [2.75, 3.05) is 13.2 Å². The topological polar surface area (TPSA) is 62.2 Å². The Bertz CT molecular complexity index is 499. The lowest BCUT2D eigenvalue weighted by Crippen LogP contribution is -2.41. The number of aliphatic hydroxyl groups is 1. The number of hydrogen-bond donors (Lipinski definition) is 2. The molecule has 1 aromatic heterocycles. The van der Waals surface area contributed by atoms with E-state index in [1.54, 1.807) is 12.1 Å². The molecule has 0 aliphatic heterocycles. The lowest BCUT2D eigenvalue weighted by atomic mass is 9.74. The molecule has 0 atom stereocenters. The fraction of sp³-hybridized carbons (Fsp3) is 0.625. The van der Waals surface area contributed by atoms with Gasteiger partial charge in [0.25, 0.3) is 5.91 Å². The summed E-state index contributed by atoms with van der Waals surface area (Å²) in [6.45, 7) is 2.62. The second kappa shape index (κ2) is 7.23. The molecule has 1 aliphatic rings. The van der Waals surface area contributed by atoms with Crippen molar-refractivity contribution in [2.45, 2.75) is 45.4 Å². The van der Waals surface area contributed by atoms with Crippen molar-refractivity contribution in [2.24, 2.45) is 5.41 Å². The van der Waals surface area contributed by atoms with Crippen molar-refractivity contribution in [3.05, 3.63) is 28.5 Å². The SMILES string of the molecule is CCc1cc(C(=O)NCC2(CO)CCCCC2)cc(Cl)n1. The Morgan fingerprint density at radius 3 is 2.71 bits per heavy atom. The molecule has 0 aromatic carbocycles. The van der Waals surface area contributed by atoms with Crippen molar-refractivity contribution in [3.63, 3.8) is 0 Å². The van der Waals surface area contributed by atoms with Gasteiger partial charge in [0.15, 0.2) is 0 Å². The minimum absolute atomic E-state index is 0.130. The minimum Gasteiger partial charge on any atom is -0.396 e. The maximum atomic E-state index is 12.3. The molecular formula is C16H23ClN2O2. The summed E-state index contributed by atoms with van der Waals surface area (Å²) in [7, 11) is 0. The van der Waals surface area contributed by atoms with Gasteiger partial charge in [-0.3, -0.25) is 4.79 Å². The van der Waals surface area contributed by atoms with Gasteiger partial charge in [-0.05, 0) is 31.4 Å². The monoisotopic (exact) mass is 310 g/mol. The molecule has 0 spiro atoms. The number of pyridine rings is 1. The first-order valence-electron chi connectivity index (χ1n) is 7.64. The summed E-state index contributed by atoms with van der Waals surface area (Å²) in [5, 5.41) is 13.0. The molecule has 1 amide bonds. The highest BCUT2D eigenvalue weighted by atomic mass is 35.5.